The van der Waals surface area contributed by atoms with Crippen LogP contribution in [0.5, 0.6) is 0 Å². The molecule has 27 heavy (non-hydrogen) atoms. The standard InChI is InChI=1S/C20H21FN4O.ClH/c21-14-8-10-16(11-9-14)25-20(26)18-7-2-1-6-17(18)19(23-25)24-12-4-3-5-15(22)13-24;/h1-2,6-11,15H,3-5,12-13,22H2;1H. The maximum atomic E-state index is 13.3. The quantitative estimate of drug-likeness (QED) is 0.731. The predicted octanol–water partition coefficient (Wildman–Crippen LogP) is 3.26. The van der Waals surface area contributed by atoms with Crippen molar-refractivity contribution in [1.29, 1.82) is 0 Å². The molecule has 1 unspecified atom stereocenters. The van der Waals surface area contributed by atoms with Crippen LogP contribution in [0.2, 0.25) is 0 Å². The van der Waals surface area contributed by atoms with Gasteiger partial charge in [-0.15, -0.1) is 17.5 Å². The molecule has 142 valence electrons. The van der Waals surface area contributed by atoms with Crippen molar-refractivity contribution in [3.8, 4) is 5.69 Å². The van der Waals surface area contributed by atoms with Gasteiger partial charge < -0.3 is 10.6 Å². The van der Waals surface area contributed by atoms with Crippen molar-refractivity contribution in [2.24, 2.45) is 5.73 Å². The van der Waals surface area contributed by atoms with E-state index in [0.29, 0.717) is 17.6 Å². The lowest BCUT2D eigenvalue weighted by molar-refractivity contribution is 0.618. The lowest BCUT2D eigenvalue weighted by atomic mass is 10.1. The summed E-state index contributed by atoms with van der Waals surface area (Å²) in [6.45, 7) is 1.56. The molecule has 3 aromatic rings. The van der Waals surface area contributed by atoms with Gasteiger partial charge in [0.1, 0.15) is 5.82 Å². The summed E-state index contributed by atoms with van der Waals surface area (Å²) in [5, 5.41) is 6.07. The second-order valence-electron chi connectivity index (χ2n) is 6.76. The molecule has 1 aliphatic heterocycles. The summed E-state index contributed by atoms with van der Waals surface area (Å²) in [7, 11) is 0. The number of rotatable bonds is 2. The fourth-order valence-electron chi connectivity index (χ4n) is 3.53. The Hall–Kier alpha value is -2.44. The monoisotopic (exact) mass is 388 g/mol. The van der Waals surface area contributed by atoms with Crippen LogP contribution in [0.4, 0.5) is 10.2 Å². The molecule has 1 saturated heterocycles. The highest BCUT2D eigenvalue weighted by Crippen LogP contribution is 2.25. The number of nitrogens with two attached hydrogens (primary N) is 1. The maximum absolute atomic E-state index is 13.3. The summed E-state index contributed by atoms with van der Waals surface area (Å²) in [4.78, 5) is 15.1. The zero-order chi connectivity index (χ0) is 18.1. The molecule has 0 aliphatic carbocycles. The molecule has 1 aromatic heterocycles. The first kappa shape index (κ1) is 19.3. The Morgan fingerprint density at radius 2 is 1.74 bits per heavy atom. The molecular formula is C20H22ClFN4O. The Labute approximate surface area is 163 Å². The van der Waals surface area contributed by atoms with Crippen molar-refractivity contribution in [2.75, 3.05) is 18.0 Å². The molecule has 0 bridgehead atoms. The predicted molar refractivity (Wildman–Crippen MR) is 109 cm³/mol. The highest BCUT2D eigenvalue weighted by Gasteiger charge is 2.21. The molecule has 0 saturated carbocycles. The van der Waals surface area contributed by atoms with Crippen LogP contribution < -0.4 is 16.2 Å². The molecule has 2 N–H and O–H groups in total. The van der Waals surface area contributed by atoms with Gasteiger partial charge in [-0.25, -0.2) is 4.39 Å². The minimum absolute atomic E-state index is 0. The molecule has 0 amide bonds. The molecule has 5 nitrogen and oxygen atoms in total. The van der Waals surface area contributed by atoms with E-state index in [1.807, 2.05) is 18.2 Å². The lowest BCUT2D eigenvalue weighted by Gasteiger charge is -2.25. The third kappa shape index (κ3) is 3.82. The van der Waals surface area contributed by atoms with Gasteiger partial charge in [-0.2, -0.15) is 4.68 Å². The van der Waals surface area contributed by atoms with Crippen LogP contribution >= 0.6 is 12.4 Å². The second kappa shape index (κ2) is 8.06. The van der Waals surface area contributed by atoms with Gasteiger partial charge in [0.2, 0.25) is 0 Å². The molecule has 4 rings (SSSR count). The van der Waals surface area contributed by atoms with Gasteiger partial charge in [-0.1, -0.05) is 24.6 Å². The van der Waals surface area contributed by atoms with Crippen LogP contribution in [0.3, 0.4) is 0 Å². The molecule has 0 radical (unpaired) electrons. The normalized spacial score (nSPS) is 17.4. The summed E-state index contributed by atoms with van der Waals surface area (Å²) in [5.41, 5.74) is 6.55. The number of halogens is 2. The summed E-state index contributed by atoms with van der Waals surface area (Å²) in [6, 6.07) is 13.4. The fraction of sp³-hybridized carbons (Fsp3) is 0.300. The van der Waals surface area contributed by atoms with Crippen molar-refractivity contribution < 1.29 is 4.39 Å². The first-order valence-electron chi connectivity index (χ1n) is 8.92. The zero-order valence-electron chi connectivity index (χ0n) is 14.8. The summed E-state index contributed by atoms with van der Waals surface area (Å²) in [5.74, 6) is 0.406. The van der Waals surface area contributed by atoms with Crippen LogP contribution in [0.25, 0.3) is 16.5 Å². The smallest absolute Gasteiger partial charge is 0.279 e. The van der Waals surface area contributed by atoms with E-state index >= 15 is 0 Å². The van der Waals surface area contributed by atoms with Gasteiger partial charge >= 0.3 is 0 Å². The number of benzene rings is 2. The van der Waals surface area contributed by atoms with Crippen molar-refractivity contribution in [3.63, 3.8) is 0 Å². The summed E-state index contributed by atoms with van der Waals surface area (Å²) >= 11 is 0. The summed E-state index contributed by atoms with van der Waals surface area (Å²) in [6.07, 6.45) is 3.12. The molecular weight excluding hydrogens is 367 g/mol. The van der Waals surface area contributed by atoms with E-state index < -0.39 is 0 Å². The van der Waals surface area contributed by atoms with Crippen molar-refractivity contribution in [3.05, 3.63) is 64.7 Å². The van der Waals surface area contributed by atoms with E-state index in [0.717, 1.165) is 37.0 Å². The van der Waals surface area contributed by atoms with Crippen LogP contribution in [0.1, 0.15) is 19.3 Å². The van der Waals surface area contributed by atoms with Gasteiger partial charge in [-0.05, 0) is 43.2 Å². The Morgan fingerprint density at radius 1 is 1.04 bits per heavy atom. The van der Waals surface area contributed by atoms with Crippen LogP contribution in [-0.2, 0) is 0 Å². The van der Waals surface area contributed by atoms with Crippen molar-refractivity contribution >= 4 is 29.0 Å². The number of fused-ring (bicyclic) bond motifs is 1. The number of aromatic nitrogens is 2. The molecule has 1 atom stereocenters. The third-order valence-corrected chi connectivity index (χ3v) is 4.86. The Bertz CT molecular complexity index is 989. The molecule has 1 fully saturated rings. The minimum atomic E-state index is -0.346. The first-order valence-corrected chi connectivity index (χ1v) is 8.92. The minimum Gasteiger partial charge on any atom is -0.353 e. The average molecular weight is 389 g/mol. The van der Waals surface area contributed by atoms with E-state index in [2.05, 4.69) is 10.00 Å². The van der Waals surface area contributed by atoms with Gasteiger partial charge in [-0.3, -0.25) is 4.79 Å². The van der Waals surface area contributed by atoms with Crippen molar-refractivity contribution in [1.82, 2.24) is 9.78 Å². The first-order chi connectivity index (χ1) is 12.6. The lowest BCUT2D eigenvalue weighted by Crippen LogP contribution is -2.37. The number of nitrogens with zero attached hydrogens (tertiary/aromatic N) is 3. The second-order valence-corrected chi connectivity index (χ2v) is 6.76. The van der Waals surface area contributed by atoms with Crippen LogP contribution in [0.15, 0.2) is 53.3 Å². The largest absolute Gasteiger partial charge is 0.353 e. The number of hydrogen-bond acceptors (Lipinski definition) is 4. The Morgan fingerprint density at radius 3 is 2.48 bits per heavy atom. The maximum Gasteiger partial charge on any atom is 0.279 e. The van der Waals surface area contributed by atoms with Gasteiger partial charge in [0, 0.05) is 24.5 Å². The van der Waals surface area contributed by atoms with Gasteiger partial charge in [0.05, 0.1) is 11.1 Å². The molecule has 2 heterocycles. The van der Waals surface area contributed by atoms with Gasteiger partial charge in [0.15, 0.2) is 5.82 Å². The molecule has 1 aliphatic rings. The van der Waals surface area contributed by atoms with E-state index in [1.54, 1.807) is 18.2 Å². The third-order valence-electron chi connectivity index (χ3n) is 4.86. The number of anilines is 1. The zero-order valence-corrected chi connectivity index (χ0v) is 15.7. The average Bonchev–Trinajstić information content (AvgIpc) is 2.88. The van der Waals surface area contributed by atoms with E-state index in [4.69, 9.17) is 5.73 Å². The van der Waals surface area contributed by atoms with Crippen LogP contribution in [-0.4, -0.2) is 28.9 Å². The number of hydrogen-bond donors (Lipinski definition) is 1. The van der Waals surface area contributed by atoms with Gasteiger partial charge in [0.25, 0.3) is 5.56 Å². The topological polar surface area (TPSA) is 64.2 Å². The Kier molecular flexibility index (Phi) is 5.77. The van der Waals surface area contributed by atoms with E-state index in [1.165, 1.54) is 16.8 Å². The van der Waals surface area contributed by atoms with Crippen LogP contribution in [0, 0.1) is 5.82 Å². The SMILES string of the molecule is Cl.NC1CCCCN(c2nn(-c3ccc(F)cc3)c(=O)c3ccccc23)C1. The van der Waals surface area contributed by atoms with Crippen molar-refractivity contribution in [2.45, 2.75) is 25.3 Å². The van der Waals surface area contributed by atoms with E-state index in [9.17, 15) is 9.18 Å². The Balaban J connectivity index is 0.00000210. The fourth-order valence-corrected chi connectivity index (χ4v) is 3.53. The summed E-state index contributed by atoms with van der Waals surface area (Å²) < 4.78 is 14.6. The molecule has 2 aromatic carbocycles. The highest BCUT2D eigenvalue weighted by atomic mass is 35.5. The van der Waals surface area contributed by atoms with E-state index in [-0.39, 0.29) is 29.8 Å². The highest BCUT2D eigenvalue weighted by molar-refractivity contribution is 5.91. The molecule has 7 heteroatoms. The molecule has 0 spiro atoms.